The van der Waals surface area contributed by atoms with E-state index in [0.29, 0.717) is 5.56 Å². The van der Waals surface area contributed by atoms with Gasteiger partial charge in [0, 0.05) is 0 Å². The zero-order valence-electron chi connectivity index (χ0n) is 9.12. The van der Waals surface area contributed by atoms with E-state index in [9.17, 15) is 13.2 Å². The van der Waals surface area contributed by atoms with Crippen LogP contribution in [0.5, 0.6) is 5.75 Å². The Morgan fingerprint density at radius 1 is 1.35 bits per heavy atom. The Kier molecular flexibility index (Phi) is 4.08. The molecule has 6 nitrogen and oxygen atoms in total. The van der Waals surface area contributed by atoms with Gasteiger partial charge >= 0.3 is 5.97 Å². The minimum absolute atomic E-state index is 0.0166. The molecule has 1 aromatic carbocycles. The van der Waals surface area contributed by atoms with Crippen LogP contribution in [0, 0.1) is 0 Å². The quantitative estimate of drug-likeness (QED) is 0.687. The van der Waals surface area contributed by atoms with Gasteiger partial charge in [0.1, 0.15) is 11.8 Å². The van der Waals surface area contributed by atoms with E-state index in [2.05, 4.69) is 0 Å². The van der Waals surface area contributed by atoms with E-state index in [-0.39, 0.29) is 12.2 Å². The number of benzene rings is 1. The van der Waals surface area contributed by atoms with Gasteiger partial charge in [-0.15, -0.1) is 0 Å². The van der Waals surface area contributed by atoms with Crippen molar-refractivity contribution in [1.29, 1.82) is 0 Å². The zero-order valence-corrected chi connectivity index (χ0v) is 9.94. The molecule has 0 saturated heterocycles. The van der Waals surface area contributed by atoms with Crippen molar-refractivity contribution in [1.82, 2.24) is 4.72 Å². The highest BCUT2D eigenvalue weighted by atomic mass is 32.2. The van der Waals surface area contributed by atoms with E-state index in [1.807, 2.05) is 4.72 Å². The summed E-state index contributed by atoms with van der Waals surface area (Å²) >= 11 is 0. The molecular weight excluding hydrogens is 246 g/mol. The summed E-state index contributed by atoms with van der Waals surface area (Å²) in [7, 11) is -3.58. The molecule has 0 aliphatic heterocycles. The van der Waals surface area contributed by atoms with Gasteiger partial charge in [-0.3, -0.25) is 4.79 Å². The first-order valence-electron chi connectivity index (χ1n) is 4.76. The third-order valence-electron chi connectivity index (χ3n) is 2.03. The summed E-state index contributed by atoms with van der Waals surface area (Å²) < 4.78 is 24.0. The molecule has 0 radical (unpaired) electrons. The van der Waals surface area contributed by atoms with Gasteiger partial charge in [0.05, 0.1) is 6.26 Å². The van der Waals surface area contributed by atoms with Crippen LogP contribution >= 0.6 is 0 Å². The molecule has 1 aromatic rings. The van der Waals surface area contributed by atoms with Crippen LogP contribution in [0.1, 0.15) is 5.56 Å². The maximum Gasteiger partial charge on any atom is 0.322 e. The summed E-state index contributed by atoms with van der Waals surface area (Å²) in [6, 6.07) is 4.68. The van der Waals surface area contributed by atoms with Crippen molar-refractivity contribution in [2.24, 2.45) is 0 Å². The Hall–Kier alpha value is -1.60. The van der Waals surface area contributed by atoms with Gasteiger partial charge in [-0.2, -0.15) is 0 Å². The first-order valence-corrected chi connectivity index (χ1v) is 6.65. The van der Waals surface area contributed by atoms with E-state index in [1.54, 1.807) is 0 Å². The molecule has 0 aromatic heterocycles. The SMILES string of the molecule is CS(=O)(=O)NC(Cc1ccc(O)cc1)C(=O)O. The fraction of sp³-hybridized carbons (Fsp3) is 0.300. The number of nitrogens with one attached hydrogen (secondary N) is 1. The normalized spacial score (nSPS) is 13.2. The van der Waals surface area contributed by atoms with Gasteiger partial charge in [-0.1, -0.05) is 12.1 Å². The van der Waals surface area contributed by atoms with Crippen molar-refractivity contribution in [3.63, 3.8) is 0 Å². The molecule has 0 aliphatic carbocycles. The summed E-state index contributed by atoms with van der Waals surface area (Å²) in [5.41, 5.74) is 0.617. The third kappa shape index (κ3) is 4.83. The van der Waals surface area contributed by atoms with Crippen molar-refractivity contribution in [2.75, 3.05) is 6.26 Å². The molecule has 1 unspecified atom stereocenters. The Morgan fingerprint density at radius 2 is 1.88 bits per heavy atom. The van der Waals surface area contributed by atoms with Gasteiger partial charge in [0.25, 0.3) is 0 Å². The molecule has 1 atom stereocenters. The number of rotatable bonds is 5. The van der Waals surface area contributed by atoms with Crippen molar-refractivity contribution in [3.05, 3.63) is 29.8 Å². The van der Waals surface area contributed by atoms with Crippen LogP contribution < -0.4 is 4.72 Å². The molecule has 0 aliphatic rings. The van der Waals surface area contributed by atoms with Crippen molar-refractivity contribution >= 4 is 16.0 Å². The average molecular weight is 259 g/mol. The molecular formula is C10H13NO5S. The van der Waals surface area contributed by atoms with Gasteiger partial charge in [0.15, 0.2) is 0 Å². The summed E-state index contributed by atoms with van der Waals surface area (Å²) in [6.45, 7) is 0. The highest BCUT2D eigenvalue weighted by molar-refractivity contribution is 7.88. The Labute approximate surface area is 99.0 Å². The Bertz CT molecular complexity index is 494. The van der Waals surface area contributed by atoms with Gasteiger partial charge in [-0.25, -0.2) is 13.1 Å². The Balaban J connectivity index is 2.80. The fourth-order valence-electron chi connectivity index (χ4n) is 1.31. The van der Waals surface area contributed by atoms with Gasteiger partial charge < -0.3 is 10.2 Å². The van der Waals surface area contributed by atoms with Crippen LogP contribution in [0.15, 0.2) is 24.3 Å². The number of aromatic hydroxyl groups is 1. The van der Waals surface area contributed by atoms with Crippen LogP contribution in [0.3, 0.4) is 0 Å². The minimum atomic E-state index is -3.58. The number of carbonyl (C=O) groups is 1. The second kappa shape index (κ2) is 5.15. The van der Waals surface area contributed by atoms with Gasteiger partial charge in [-0.05, 0) is 24.1 Å². The molecule has 0 amide bonds. The number of hydrogen-bond acceptors (Lipinski definition) is 4. The first kappa shape index (κ1) is 13.5. The monoisotopic (exact) mass is 259 g/mol. The number of carboxylic acids is 1. The van der Waals surface area contributed by atoms with Crippen LogP contribution in [0.25, 0.3) is 0 Å². The molecule has 94 valence electrons. The molecule has 3 N–H and O–H groups in total. The average Bonchev–Trinajstić information content (AvgIpc) is 2.18. The second-order valence-corrected chi connectivity index (χ2v) is 5.43. The minimum Gasteiger partial charge on any atom is -0.508 e. The Morgan fingerprint density at radius 3 is 2.29 bits per heavy atom. The lowest BCUT2D eigenvalue weighted by Crippen LogP contribution is -2.41. The molecule has 0 heterocycles. The number of phenols is 1. The smallest absolute Gasteiger partial charge is 0.322 e. The number of sulfonamides is 1. The maximum atomic E-state index is 11.0. The molecule has 0 bridgehead atoms. The summed E-state index contributed by atoms with van der Waals surface area (Å²) in [6.07, 6.45) is 0.919. The highest BCUT2D eigenvalue weighted by Gasteiger charge is 2.21. The molecule has 7 heteroatoms. The standard InChI is InChI=1S/C10H13NO5S/c1-17(15,16)11-9(10(13)14)6-7-2-4-8(12)5-3-7/h2-5,9,11-12H,6H2,1H3,(H,13,14). The van der Waals surface area contributed by atoms with Crippen LogP contribution in [0.4, 0.5) is 0 Å². The van der Waals surface area contributed by atoms with E-state index < -0.39 is 22.0 Å². The summed E-state index contributed by atoms with van der Waals surface area (Å²) in [4.78, 5) is 10.9. The third-order valence-corrected chi connectivity index (χ3v) is 2.74. The van der Waals surface area contributed by atoms with E-state index in [0.717, 1.165) is 6.26 Å². The molecule has 0 saturated carbocycles. The van der Waals surface area contributed by atoms with Crippen LogP contribution in [0.2, 0.25) is 0 Å². The summed E-state index contributed by atoms with van der Waals surface area (Å²) in [5.74, 6) is -1.18. The lowest BCUT2D eigenvalue weighted by Gasteiger charge is -2.12. The van der Waals surface area contributed by atoms with Gasteiger partial charge in [0.2, 0.25) is 10.0 Å². The first-order chi connectivity index (χ1) is 7.78. The molecule has 1 rings (SSSR count). The van der Waals surface area contributed by atoms with E-state index in [1.165, 1.54) is 24.3 Å². The number of hydrogen-bond donors (Lipinski definition) is 3. The predicted octanol–water partition coefficient (Wildman–Crippen LogP) is -0.0629. The largest absolute Gasteiger partial charge is 0.508 e. The predicted molar refractivity (Wildman–Crippen MR) is 61.2 cm³/mol. The van der Waals surface area contributed by atoms with Crippen LogP contribution in [-0.2, 0) is 21.2 Å². The van der Waals surface area contributed by atoms with E-state index >= 15 is 0 Å². The van der Waals surface area contributed by atoms with Crippen molar-refractivity contribution < 1.29 is 23.4 Å². The number of aliphatic carboxylic acids is 1. The number of carboxylic acid groups (broad SMARTS) is 1. The topological polar surface area (TPSA) is 104 Å². The van der Waals surface area contributed by atoms with Crippen molar-refractivity contribution in [3.8, 4) is 5.75 Å². The summed E-state index contributed by atoms with van der Waals surface area (Å²) in [5, 5.41) is 17.9. The lowest BCUT2D eigenvalue weighted by atomic mass is 10.1. The second-order valence-electron chi connectivity index (χ2n) is 3.65. The molecule has 17 heavy (non-hydrogen) atoms. The number of phenolic OH excluding ortho intramolecular Hbond substituents is 1. The highest BCUT2D eigenvalue weighted by Crippen LogP contribution is 2.11. The zero-order chi connectivity index (χ0) is 13.1. The lowest BCUT2D eigenvalue weighted by molar-refractivity contribution is -0.138. The van der Waals surface area contributed by atoms with E-state index in [4.69, 9.17) is 10.2 Å². The van der Waals surface area contributed by atoms with Crippen LogP contribution in [-0.4, -0.2) is 36.9 Å². The fourth-order valence-corrected chi connectivity index (χ4v) is 2.01. The molecule has 0 fully saturated rings. The maximum absolute atomic E-state index is 11.0. The van der Waals surface area contributed by atoms with Crippen molar-refractivity contribution in [2.45, 2.75) is 12.5 Å². The molecule has 0 spiro atoms.